The first kappa shape index (κ1) is 9.47. The fraction of sp³-hybridized carbons (Fsp3) is 0.250. The lowest BCUT2D eigenvalue weighted by Gasteiger charge is -1.85. The van der Waals surface area contributed by atoms with Gasteiger partial charge < -0.3 is 15.1 Å². The Balaban J connectivity index is 0.000000145. The Morgan fingerprint density at radius 1 is 1.31 bits per heavy atom. The molecule has 0 atom stereocenters. The molecule has 0 saturated heterocycles. The first-order valence-electron chi connectivity index (χ1n) is 3.94. The van der Waals surface area contributed by atoms with Gasteiger partial charge in [0.1, 0.15) is 0 Å². The second kappa shape index (κ2) is 5.96. The third kappa shape index (κ3) is 4.07. The van der Waals surface area contributed by atoms with Crippen LogP contribution in [0, 0.1) is 0 Å². The van der Waals surface area contributed by atoms with E-state index >= 15 is 0 Å². The summed E-state index contributed by atoms with van der Waals surface area (Å²) >= 11 is 0. The molecule has 0 radical (unpaired) electrons. The molecule has 0 aromatic carbocycles. The third-order valence-corrected chi connectivity index (χ3v) is 1.34. The quantitative estimate of drug-likeness (QED) is 0.624. The van der Waals surface area contributed by atoms with Crippen LogP contribution in [0.4, 0.5) is 0 Å². The number of nitrogens with one attached hydrogen (secondary N) is 2. The fourth-order valence-corrected chi connectivity index (χ4v) is 0.757. The van der Waals surface area contributed by atoms with Crippen molar-refractivity contribution in [3.05, 3.63) is 36.9 Å². The molecule has 0 bridgehead atoms. The number of rotatable bonds is 2. The van der Waals surface area contributed by atoms with Crippen molar-refractivity contribution in [1.29, 1.82) is 0 Å². The standard InChI is InChI=1S/C5H8N2O.C3H4N2/c8-2-1-5-3-6-4-7-5;1-2-5-3-4-1/h3-4,8H,1-2H2,(H,6,7);1-3H,(H,4,5). The van der Waals surface area contributed by atoms with Crippen LogP contribution in [0.5, 0.6) is 0 Å². The summed E-state index contributed by atoms with van der Waals surface area (Å²) in [6, 6.07) is 0. The van der Waals surface area contributed by atoms with Crippen LogP contribution in [0.3, 0.4) is 0 Å². The molecule has 13 heavy (non-hydrogen) atoms. The molecule has 5 heteroatoms. The predicted octanol–water partition coefficient (Wildman–Crippen LogP) is 0.354. The molecular formula is C8H12N4O. The minimum atomic E-state index is 0.183. The van der Waals surface area contributed by atoms with Crippen LogP contribution >= 0.6 is 0 Å². The summed E-state index contributed by atoms with van der Waals surface area (Å²) in [6.45, 7) is 0.183. The highest BCUT2D eigenvalue weighted by Crippen LogP contribution is 1.89. The number of aliphatic hydroxyl groups is 1. The fourth-order valence-electron chi connectivity index (χ4n) is 0.757. The second-order valence-electron chi connectivity index (χ2n) is 2.31. The molecule has 0 aliphatic carbocycles. The average Bonchev–Trinajstić information content (AvgIpc) is 2.79. The summed E-state index contributed by atoms with van der Waals surface area (Å²) in [4.78, 5) is 13.1. The molecule has 2 aromatic heterocycles. The highest BCUT2D eigenvalue weighted by Gasteiger charge is 1.87. The van der Waals surface area contributed by atoms with E-state index < -0.39 is 0 Å². The Morgan fingerprint density at radius 2 is 2.23 bits per heavy atom. The maximum Gasteiger partial charge on any atom is 0.0921 e. The van der Waals surface area contributed by atoms with Crippen LogP contribution in [0.1, 0.15) is 5.69 Å². The first-order valence-corrected chi connectivity index (χ1v) is 3.94. The number of aromatic nitrogens is 4. The molecule has 70 valence electrons. The molecule has 0 aliphatic heterocycles. The summed E-state index contributed by atoms with van der Waals surface area (Å²) in [5.74, 6) is 0. The van der Waals surface area contributed by atoms with Crippen LogP contribution in [0.2, 0.25) is 0 Å². The normalized spacial score (nSPS) is 9.00. The maximum absolute atomic E-state index is 8.39. The van der Waals surface area contributed by atoms with Gasteiger partial charge in [-0.1, -0.05) is 0 Å². The van der Waals surface area contributed by atoms with Gasteiger partial charge in [-0.3, -0.25) is 0 Å². The molecular weight excluding hydrogens is 168 g/mol. The van der Waals surface area contributed by atoms with Gasteiger partial charge in [-0.15, -0.1) is 0 Å². The Kier molecular flexibility index (Phi) is 4.34. The molecule has 2 aromatic rings. The molecule has 0 amide bonds. The molecule has 0 fully saturated rings. The minimum absolute atomic E-state index is 0.183. The van der Waals surface area contributed by atoms with Gasteiger partial charge in [0.05, 0.1) is 12.7 Å². The van der Waals surface area contributed by atoms with Crippen molar-refractivity contribution in [3.63, 3.8) is 0 Å². The van der Waals surface area contributed by atoms with E-state index in [9.17, 15) is 0 Å². The van der Waals surface area contributed by atoms with E-state index in [2.05, 4.69) is 19.9 Å². The topological polar surface area (TPSA) is 77.6 Å². The predicted molar refractivity (Wildman–Crippen MR) is 48.0 cm³/mol. The Bertz CT molecular complexity index is 260. The van der Waals surface area contributed by atoms with Crippen molar-refractivity contribution in [2.24, 2.45) is 0 Å². The number of hydrogen-bond donors (Lipinski definition) is 3. The average molecular weight is 180 g/mol. The van der Waals surface area contributed by atoms with E-state index in [0.29, 0.717) is 6.42 Å². The van der Waals surface area contributed by atoms with Gasteiger partial charge >= 0.3 is 0 Å². The van der Waals surface area contributed by atoms with Crippen molar-refractivity contribution in [1.82, 2.24) is 19.9 Å². The zero-order chi connectivity index (χ0) is 9.36. The Hall–Kier alpha value is -1.62. The van der Waals surface area contributed by atoms with E-state index in [-0.39, 0.29) is 6.61 Å². The summed E-state index contributed by atoms with van der Waals surface area (Å²) in [7, 11) is 0. The SMILES string of the molecule is OCCc1cnc[nH]1.c1c[nH]cn1. The number of imidazole rings is 2. The van der Waals surface area contributed by atoms with Crippen LogP contribution in [0.25, 0.3) is 0 Å². The van der Waals surface area contributed by atoms with Gasteiger partial charge in [0.15, 0.2) is 0 Å². The zero-order valence-electron chi connectivity index (χ0n) is 7.14. The van der Waals surface area contributed by atoms with Gasteiger partial charge in [0.25, 0.3) is 0 Å². The van der Waals surface area contributed by atoms with Crippen molar-refractivity contribution in [3.8, 4) is 0 Å². The van der Waals surface area contributed by atoms with Gasteiger partial charge in [0, 0.05) is 37.3 Å². The summed E-state index contributed by atoms with van der Waals surface area (Å²) in [5.41, 5.74) is 0.979. The number of aliphatic hydroxyl groups excluding tert-OH is 1. The smallest absolute Gasteiger partial charge is 0.0921 e. The Labute approximate surface area is 75.9 Å². The highest BCUT2D eigenvalue weighted by molar-refractivity contribution is 4.93. The van der Waals surface area contributed by atoms with Crippen molar-refractivity contribution < 1.29 is 5.11 Å². The lowest BCUT2D eigenvalue weighted by molar-refractivity contribution is 0.298. The van der Waals surface area contributed by atoms with Crippen LogP contribution in [-0.4, -0.2) is 31.6 Å². The largest absolute Gasteiger partial charge is 0.396 e. The summed E-state index contributed by atoms with van der Waals surface area (Å²) in [6.07, 6.45) is 9.06. The van der Waals surface area contributed by atoms with Gasteiger partial charge in [-0.25, -0.2) is 9.97 Å². The zero-order valence-corrected chi connectivity index (χ0v) is 7.14. The van der Waals surface area contributed by atoms with E-state index in [4.69, 9.17) is 5.11 Å². The number of hydrogen-bond acceptors (Lipinski definition) is 3. The van der Waals surface area contributed by atoms with Crippen LogP contribution in [-0.2, 0) is 6.42 Å². The van der Waals surface area contributed by atoms with Crippen LogP contribution in [0.15, 0.2) is 31.2 Å². The molecule has 0 spiro atoms. The number of aromatic amines is 2. The maximum atomic E-state index is 8.39. The molecule has 0 unspecified atom stereocenters. The van der Waals surface area contributed by atoms with Crippen molar-refractivity contribution in [2.45, 2.75) is 6.42 Å². The monoisotopic (exact) mass is 180 g/mol. The number of nitrogens with zero attached hydrogens (tertiary/aromatic N) is 2. The molecule has 0 aliphatic rings. The lowest BCUT2D eigenvalue weighted by atomic mass is 10.4. The van der Waals surface area contributed by atoms with Crippen molar-refractivity contribution in [2.75, 3.05) is 6.61 Å². The highest BCUT2D eigenvalue weighted by atomic mass is 16.3. The number of H-pyrrole nitrogens is 2. The van der Waals surface area contributed by atoms with E-state index in [1.165, 1.54) is 0 Å². The van der Waals surface area contributed by atoms with Crippen LogP contribution < -0.4 is 0 Å². The molecule has 2 rings (SSSR count). The van der Waals surface area contributed by atoms with Gasteiger partial charge in [0.2, 0.25) is 0 Å². The summed E-state index contributed by atoms with van der Waals surface area (Å²) < 4.78 is 0. The second-order valence-corrected chi connectivity index (χ2v) is 2.31. The molecule has 0 saturated carbocycles. The Morgan fingerprint density at radius 3 is 2.62 bits per heavy atom. The third-order valence-electron chi connectivity index (χ3n) is 1.34. The van der Waals surface area contributed by atoms with Crippen molar-refractivity contribution >= 4 is 0 Å². The van der Waals surface area contributed by atoms with E-state index in [1.54, 1.807) is 31.2 Å². The lowest BCUT2D eigenvalue weighted by Crippen LogP contribution is -1.88. The minimum Gasteiger partial charge on any atom is -0.396 e. The van der Waals surface area contributed by atoms with E-state index in [1.807, 2.05) is 0 Å². The molecule has 3 N–H and O–H groups in total. The first-order chi connectivity index (χ1) is 6.43. The molecule has 5 nitrogen and oxygen atoms in total. The molecule has 2 heterocycles. The van der Waals surface area contributed by atoms with Gasteiger partial charge in [-0.05, 0) is 0 Å². The van der Waals surface area contributed by atoms with E-state index in [0.717, 1.165) is 5.69 Å². The van der Waals surface area contributed by atoms with Gasteiger partial charge in [-0.2, -0.15) is 0 Å². The summed E-state index contributed by atoms with van der Waals surface area (Å²) in [5, 5.41) is 8.39.